The maximum Gasteiger partial charge on any atom is 0.416 e. The second kappa shape index (κ2) is 7.78. The molecule has 0 aliphatic rings. The van der Waals surface area contributed by atoms with Gasteiger partial charge in [0.2, 0.25) is 0 Å². The monoisotopic (exact) mass is 371 g/mol. The number of hydrogen-bond donors (Lipinski definition) is 1. The Morgan fingerprint density at radius 3 is 2.36 bits per heavy atom. The Morgan fingerprint density at radius 1 is 1.20 bits per heavy atom. The van der Waals surface area contributed by atoms with Crippen molar-refractivity contribution in [3.05, 3.63) is 58.6 Å². The standard InChI is InChI=1S/C18H17ClF3NO2/c1-3-16(25-14-8-9-15(19)11(2)10-14)17(24)23-13-6-4-12(5-7-13)18(20,21)22/h4-10,16H,3H2,1-2H3,(H,23,24). The van der Waals surface area contributed by atoms with Crippen molar-refractivity contribution in [2.75, 3.05) is 5.32 Å². The first-order valence-corrected chi connectivity index (χ1v) is 7.99. The summed E-state index contributed by atoms with van der Waals surface area (Å²) in [4.78, 5) is 12.3. The van der Waals surface area contributed by atoms with Gasteiger partial charge in [-0.05, 0) is 61.4 Å². The zero-order chi connectivity index (χ0) is 18.6. The van der Waals surface area contributed by atoms with Crippen molar-refractivity contribution < 1.29 is 22.7 Å². The zero-order valence-electron chi connectivity index (χ0n) is 13.7. The SMILES string of the molecule is CCC(Oc1ccc(Cl)c(C)c1)C(=O)Nc1ccc(C(F)(F)F)cc1. The van der Waals surface area contributed by atoms with Gasteiger partial charge in [0.15, 0.2) is 6.10 Å². The van der Waals surface area contributed by atoms with Gasteiger partial charge in [0.1, 0.15) is 5.75 Å². The molecule has 0 spiro atoms. The molecule has 2 aromatic rings. The van der Waals surface area contributed by atoms with E-state index in [0.29, 0.717) is 17.2 Å². The van der Waals surface area contributed by atoms with Crippen molar-refractivity contribution >= 4 is 23.2 Å². The van der Waals surface area contributed by atoms with Gasteiger partial charge in [-0.1, -0.05) is 18.5 Å². The van der Waals surface area contributed by atoms with E-state index in [4.69, 9.17) is 16.3 Å². The van der Waals surface area contributed by atoms with Crippen molar-refractivity contribution in [1.29, 1.82) is 0 Å². The summed E-state index contributed by atoms with van der Waals surface area (Å²) in [5.41, 5.74) is 0.315. The number of hydrogen-bond acceptors (Lipinski definition) is 2. The Kier molecular flexibility index (Phi) is 5.95. The lowest BCUT2D eigenvalue weighted by Gasteiger charge is -2.18. The Morgan fingerprint density at radius 2 is 1.84 bits per heavy atom. The zero-order valence-corrected chi connectivity index (χ0v) is 14.4. The van der Waals surface area contributed by atoms with Crippen LogP contribution in [0.5, 0.6) is 5.75 Å². The molecule has 7 heteroatoms. The molecule has 0 bridgehead atoms. The van der Waals surface area contributed by atoms with E-state index in [-0.39, 0.29) is 5.69 Å². The number of carbonyl (C=O) groups is 1. The molecule has 0 heterocycles. The lowest BCUT2D eigenvalue weighted by atomic mass is 10.2. The summed E-state index contributed by atoms with van der Waals surface area (Å²) in [5.74, 6) is 0.0613. The van der Waals surface area contributed by atoms with E-state index in [1.165, 1.54) is 12.1 Å². The number of alkyl halides is 3. The van der Waals surface area contributed by atoms with E-state index in [1.54, 1.807) is 25.1 Å². The second-order valence-corrected chi connectivity index (χ2v) is 5.90. The van der Waals surface area contributed by atoms with Crippen LogP contribution in [0.25, 0.3) is 0 Å². The summed E-state index contributed by atoms with van der Waals surface area (Å²) in [6.07, 6.45) is -4.79. The molecule has 0 saturated heterocycles. The van der Waals surface area contributed by atoms with Crippen LogP contribution in [0, 0.1) is 6.92 Å². The number of anilines is 1. The highest BCUT2D eigenvalue weighted by atomic mass is 35.5. The van der Waals surface area contributed by atoms with Crippen LogP contribution in [0.4, 0.5) is 18.9 Å². The summed E-state index contributed by atoms with van der Waals surface area (Å²) in [6, 6.07) is 9.30. The Bertz CT molecular complexity index is 745. The van der Waals surface area contributed by atoms with E-state index in [2.05, 4.69) is 5.32 Å². The number of aryl methyl sites for hydroxylation is 1. The van der Waals surface area contributed by atoms with Crippen LogP contribution >= 0.6 is 11.6 Å². The van der Waals surface area contributed by atoms with Gasteiger partial charge in [0, 0.05) is 10.7 Å². The van der Waals surface area contributed by atoms with Gasteiger partial charge in [-0.15, -0.1) is 0 Å². The van der Waals surface area contributed by atoms with Gasteiger partial charge < -0.3 is 10.1 Å². The van der Waals surface area contributed by atoms with Crippen molar-refractivity contribution in [3.8, 4) is 5.75 Å². The predicted molar refractivity (Wildman–Crippen MR) is 91.0 cm³/mol. The number of rotatable bonds is 5. The fourth-order valence-corrected chi connectivity index (χ4v) is 2.26. The number of halogens is 4. The quantitative estimate of drug-likeness (QED) is 0.757. The first-order valence-electron chi connectivity index (χ1n) is 7.61. The summed E-state index contributed by atoms with van der Waals surface area (Å²) in [5, 5.41) is 3.15. The Hall–Kier alpha value is -2.21. The molecule has 0 aliphatic heterocycles. The molecule has 0 aliphatic carbocycles. The minimum atomic E-state index is -4.41. The van der Waals surface area contributed by atoms with Crippen LogP contribution < -0.4 is 10.1 Å². The maximum atomic E-state index is 12.6. The van der Waals surface area contributed by atoms with Crippen molar-refractivity contribution in [2.45, 2.75) is 32.5 Å². The summed E-state index contributed by atoms with van der Waals surface area (Å²) >= 11 is 5.95. The van der Waals surface area contributed by atoms with Gasteiger partial charge in [0.05, 0.1) is 5.56 Å². The molecule has 1 N–H and O–H groups in total. The van der Waals surface area contributed by atoms with Crippen LogP contribution in [0.2, 0.25) is 5.02 Å². The molecule has 0 radical (unpaired) electrons. The summed E-state index contributed by atoms with van der Waals surface area (Å²) in [6.45, 7) is 3.60. The van der Waals surface area contributed by atoms with Gasteiger partial charge in [-0.3, -0.25) is 4.79 Å². The molecular formula is C18H17ClF3NO2. The average Bonchev–Trinajstić information content (AvgIpc) is 2.55. The largest absolute Gasteiger partial charge is 0.481 e. The lowest BCUT2D eigenvalue weighted by Crippen LogP contribution is -2.32. The number of ether oxygens (including phenoxy) is 1. The van der Waals surface area contributed by atoms with Crippen LogP contribution in [0.15, 0.2) is 42.5 Å². The van der Waals surface area contributed by atoms with Gasteiger partial charge in [-0.25, -0.2) is 0 Å². The van der Waals surface area contributed by atoms with Gasteiger partial charge >= 0.3 is 6.18 Å². The fraction of sp³-hybridized carbons (Fsp3) is 0.278. The molecule has 1 unspecified atom stereocenters. The molecule has 2 aromatic carbocycles. The first-order chi connectivity index (χ1) is 11.7. The fourth-order valence-electron chi connectivity index (χ4n) is 2.14. The molecule has 0 saturated carbocycles. The molecule has 0 fully saturated rings. The Labute approximate surface area is 148 Å². The van der Waals surface area contributed by atoms with Crippen LogP contribution in [-0.4, -0.2) is 12.0 Å². The number of nitrogens with one attached hydrogen (secondary N) is 1. The molecule has 0 aromatic heterocycles. The minimum absolute atomic E-state index is 0.271. The molecule has 25 heavy (non-hydrogen) atoms. The van der Waals surface area contributed by atoms with Crippen molar-refractivity contribution in [2.24, 2.45) is 0 Å². The topological polar surface area (TPSA) is 38.3 Å². The lowest BCUT2D eigenvalue weighted by molar-refractivity contribution is -0.137. The maximum absolute atomic E-state index is 12.6. The normalized spacial score (nSPS) is 12.6. The highest BCUT2D eigenvalue weighted by molar-refractivity contribution is 6.31. The van der Waals surface area contributed by atoms with Gasteiger partial charge in [-0.2, -0.15) is 13.2 Å². The van der Waals surface area contributed by atoms with E-state index < -0.39 is 23.8 Å². The molecule has 134 valence electrons. The summed E-state index contributed by atoms with van der Waals surface area (Å²) in [7, 11) is 0. The Balaban J connectivity index is 2.05. The highest BCUT2D eigenvalue weighted by Crippen LogP contribution is 2.30. The van der Waals surface area contributed by atoms with Crippen LogP contribution in [0.3, 0.4) is 0 Å². The minimum Gasteiger partial charge on any atom is -0.481 e. The smallest absolute Gasteiger partial charge is 0.416 e. The van der Waals surface area contributed by atoms with Crippen molar-refractivity contribution in [3.63, 3.8) is 0 Å². The average molecular weight is 372 g/mol. The predicted octanol–water partition coefficient (Wildman–Crippen LogP) is 5.46. The second-order valence-electron chi connectivity index (χ2n) is 5.49. The third kappa shape index (κ3) is 5.13. The number of carbonyl (C=O) groups excluding carboxylic acids is 1. The third-order valence-corrected chi connectivity index (χ3v) is 3.97. The molecule has 1 atom stereocenters. The van der Waals surface area contributed by atoms with E-state index in [9.17, 15) is 18.0 Å². The third-order valence-electron chi connectivity index (χ3n) is 3.55. The van der Waals surface area contributed by atoms with E-state index in [0.717, 1.165) is 17.7 Å². The number of amides is 1. The molecule has 1 amide bonds. The number of benzene rings is 2. The van der Waals surface area contributed by atoms with Gasteiger partial charge in [0.25, 0.3) is 5.91 Å². The molecule has 2 rings (SSSR count). The summed E-state index contributed by atoms with van der Waals surface area (Å²) < 4.78 is 43.3. The highest BCUT2D eigenvalue weighted by Gasteiger charge is 2.30. The molecular weight excluding hydrogens is 355 g/mol. The van der Waals surface area contributed by atoms with Crippen molar-refractivity contribution in [1.82, 2.24) is 0 Å². The van der Waals surface area contributed by atoms with Crippen LogP contribution in [0.1, 0.15) is 24.5 Å². The first kappa shape index (κ1) is 19.1. The van der Waals surface area contributed by atoms with Crippen LogP contribution in [-0.2, 0) is 11.0 Å². The van der Waals surface area contributed by atoms with E-state index >= 15 is 0 Å². The van der Waals surface area contributed by atoms with E-state index in [1.807, 2.05) is 6.92 Å². The molecule has 3 nitrogen and oxygen atoms in total.